The molecule has 0 aromatic heterocycles. The van der Waals surface area contributed by atoms with E-state index >= 15 is 0 Å². The second-order valence-corrected chi connectivity index (χ2v) is 9.47. The lowest BCUT2D eigenvalue weighted by Crippen LogP contribution is -2.41. The van der Waals surface area contributed by atoms with Gasteiger partial charge in [0.15, 0.2) is 0 Å². The summed E-state index contributed by atoms with van der Waals surface area (Å²) in [4.78, 5) is 21.7. The van der Waals surface area contributed by atoms with Crippen LogP contribution in [0.5, 0.6) is 0 Å². The van der Waals surface area contributed by atoms with Gasteiger partial charge in [-0.05, 0) is 64.5 Å². The number of alkyl carbamates (subject to hydrolysis) is 1. The predicted octanol–water partition coefficient (Wildman–Crippen LogP) is 3.38. The largest absolute Gasteiger partial charge is 0.444 e. The SMILES string of the molecule is CC(C)(C)OC(=O)NC1CCC(COS(=O)(=O)c2ccc([N+](=O)[O-])cc2)CC1. The van der Waals surface area contributed by atoms with Crippen LogP contribution < -0.4 is 5.32 Å². The van der Waals surface area contributed by atoms with Crippen LogP contribution in [0, 0.1) is 16.0 Å². The minimum Gasteiger partial charge on any atom is -0.444 e. The van der Waals surface area contributed by atoms with Crippen LogP contribution in [0.4, 0.5) is 10.5 Å². The van der Waals surface area contributed by atoms with Gasteiger partial charge in [-0.25, -0.2) is 4.79 Å². The summed E-state index contributed by atoms with van der Waals surface area (Å²) in [6.07, 6.45) is 2.41. The van der Waals surface area contributed by atoms with Crippen molar-refractivity contribution in [2.45, 2.75) is 63.0 Å². The van der Waals surface area contributed by atoms with Gasteiger partial charge in [-0.3, -0.25) is 14.3 Å². The third kappa shape index (κ3) is 6.75. The molecule has 28 heavy (non-hydrogen) atoms. The fourth-order valence-corrected chi connectivity index (χ4v) is 3.91. The maximum atomic E-state index is 12.2. The monoisotopic (exact) mass is 414 g/mol. The fraction of sp³-hybridized carbons (Fsp3) is 0.611. The van der Waals surface area contributed by atoms with Gasteiger partial charge >= 0.3 is 6.09 Å². The average molecular weight is 414 g/mol. The molecule has 0 atom stereocenters. The number of nitro groups is 1. The van der Waals surface area contributed by atoms with E-state index in [2.05, 4.69) is 5.32 Å². The molecule has 0 heterocycles. The van der Waals surface area contributed by atoms with Crippen LogP contribution in [0.1, 0.15) is 46.5 Å². The van der Waals surface area contributed by atoms with Crippen LogP contribution in [0.15, 0.2) is 29.2 Å². The summed E-state index contributed by atoms with van der Waals surface area (Å²) in [6.45, 7) is 5.43. The lowest BCUT2D eigenvalue weighted by Gasteiger charge is -2.29. The quantitative estimate of drug-likeness (QED) is 0.430. The van der Waals surface area contributed by atoms with Gasteiger partial charge in [0.1, 0.15) is 5.60 Å². The molecule has 2 rings (SSSR count). The molecule has 1 aromatic carbocycles. The fourth-order valence-electron chi connectivity index (χ4n) is 2.94. The molecule has 0 spiro atoms. The molecule has 1 aliphatic rings. The second-order valence-electron chi connectivity index (χ2n) is 7.85. The van der Waals surface area contributed by atoms with Crippen LogP contribution in [0.2, 0.25) is 0 Å². The maximum absolute atomic E-state index is 12.2. The van der Waals surface area contributed by atoms with E-state index in [4.69, 9.17) is 8.92 Å². The Morgan fingerprint density at radius 3 is 2.25 bits per heavy atom. The van der Waals surface area contributed by atoms with Crippen molar-refractivity contribution in [2.75, 3.05) is 6.61 Å². The number of non-ortho nitro benzene ring substituents is 1. The van der Waals surface area contributed by atoms with Crippen molar-refractivity contribution in [1.82, 2.24) is 5.32 Å². The number of rotatable bonds is 6. The van der Waals surface area contributed by atoms with Crippen molar-refractivity contribution in [3.63, 3.8) is 0 Å². The first-order valence-electron chi connectivity index (χ1n) is 9.10. The van der Waals surface area contributed by atoms with Crippen LogP contribution in [0.25, 0.3) is 0 Å². The highest BCUT2D eigenvalue weighted by Crippen LogP contribution is 2.26. The van der Waals surface area contributed by atoms with Gasteiger partial charge in [0.05, 0.1) is 16.4 Å². The zero-order chi connectivity index (χ0) is 20.9. The maximum Gasteiger partial charge on any atom is 0.407 e. The Morgan fingerprint density at radius 1 is 1.18 bits per heavy atom. The van der Waals surface area contributed by atoms with Gasteiger partial charge in [-0.15, -0.1) is 0 Å². The summed E-state index contributed by atoms with van der Waals surface area (Å²) in [6, 6.07) is 4.58. The van der Waals surface area contributed by atoms with Crippen molar-refractivity contribution in [3.05, 3.63) is 34.4 Å². The molecule has 1 saturated carbocycles. The van der Waals surface area contributed by atoms with E-state index in [-0.39, 0.29) is 29.1 Å². The van der Waals surface area contributed by atoms with Crippen LogP contribution in [-0.4, -0.2) is 37.7 Å². The number of nitro benzene ring substituents is 1. The Kier molecular flexibility index (Phi) is 7.00. The summed E-state index contributed by atoms with van der Waals surface area (Å²) in [5.41, 5.74) is -0.740. The number of hydrogen-bond acceptors (Lipinski definition) is 7. The van der Waals surface area contributed by atoms with Crippen molar-refractivity contribution >= 4 is 21.9 Å². The Labute approximate surface area is 164 Å². The van der Waals surface area contributed by atoms with Crippen molar-refractivity contribution in [2.24, 2.45) is 5.92 Å². The molecular formula is C18H26N2O7S. The highest BCUT2D eigenvalue weighted by atomic mass is 32.2. The number of hydrogen-bond donors (Lipinski definition) is 1. The highest BCUT2D eigenvalue weighted by molar-refractivity contribution is 7.86. The molecule has 1 amide bonds. The summed E-state index contributed by atoms with van der Waals surface area (Å²) >= 11 is 0. The average Bonchev–Trinajstić information content (AvgIpc) is 2.59. The molecule has 1 aromatic rings. The van der Waals surface area contributed by atoms with Gasteiger partial charge < -0.3 is 10.1 Å². The molecule has 1 N–H and O–H groups in total. The standard InChI is InChI=1S/C18H26N2O7S/c1-18(2,3)27-17(21)19-14-6-4-13(5-7-14)12-26-28(24,25)16-10-8-15(9-11-16)20(22)23/h8-11,13-14H,4-7,12H2,1-3H3,(H,19,21). The third-order valence-corrected chi connectivity index (χ3v) is 5.66. The molecular weight excluding hydrogens is 388 g/mol. The first-order valence-corrected chi connectivity index (χ1v) is 10.5. The Balaban J connectivity index is 1.80. The Hall–Kier alpha value is -2.20. The lowest BCUT2D eigenvalue weighted by atomic mass is 9.87. The summed E-state index contributed by atoms with van der Waals surface area (Å²) in [7, 11) is -3.97. The molecule has 0 radical (unpaired) electrons. The summed E-state index contributed by atoms with van der Waals surface area (Å²) in [5, 5.41) is 13.5. The number of amides is 1. The van der Waals surface area contributed by atoms with E-state index < -0.39 is 26.7 Å². The third-order valence-electron chi connectivity index (χ3n) is 4.36. The number of benzene rings is 1. The van der Waals surface area contributed by atoms with Crippen LogP contribution >= 0.6 is 0 Å². The molecule has 0 saturated heterocycles. The second kappa shape index (κ2) is 8.87. The van der Waals surface area contributed by atoms with Gasteiger partial charge in [-0.1, -0.05) is 0 Å². The number of carbonyl (C=O) groups is 1. The zero-order valence-corrected chi connectivity index (χ0v) is 17.0. The molecule has 9 nitrogen and oxygen atoms in total. The molecule has 156 valence electrons. The summed E-state index contributed by atoms with van der Waals surface area (Å²) in [5.74, 6) is 0.0597. The van der Waals surface area contributed by atoms with E-state index in [0.717, 1.165) is 37.1 Å². The van der Waals surface area contributed by atoms with Crippen molar-refractivity contribution in [1.29, 1.82) is 0 Å². The number of ether oxygens (including phenoxy) is 1. The van der Waals surface area contributed by atoms with Gasteiger partial charge in [0.2, 0.25) is 0 Å². The van der Waals surface area contributed by atoms with Crippen LogP contribution in [0.3, 0.4) is 0 Å². The molecule has 0 unspecified atom stereocenters. The predicted molar refractivity (Wildman–Crippen MR) is 101 cm³/mol. The zero-order valence-electron chi connectivity index (χ0n) is 16.2. The smallest absolute Gasteiger partial charge is 0.407 e. The Bertz CT molecular complexity index is 792. The normalized spacial score (nSPS) is 20.4. The number of nitrogens with zero attached hydrogens (tertiary/aromatic N) is 1. The molecule has 1 fully saturated rings. The molecule has 0 bridgehead atoms. The van der Waals surface area contributed by atoms with Gasteiger partial charge in [0.25, 0.3) is 15.8 Å². The Morgan fingerprint density at radius 2 is 1.75 bits per heavy atom. The topological polar surface area (TPSA) is 125 Å². The summed E-state index contributed by atoms with van der Waals surface area (Å²) < 4.78 is 34.8. The van der Waals surface area contributed by atoms with E-state index in [9.17, 15) is 23.3 Å². The van der Waals surface area contributed by atoms with E-state index in [1.807, 2.05) is 0 Å². The molecule has 0 aliphatic heterocycles. The molecule has 10 heteroatoms. The van der Waals surface area contributed by atoms with E-state index in [1.54, 1.807) is 20.8 Å². The minimum atomic E-state index is -3.97. The number of nitrogens with one attached hydrogen (secondary N) is 1. The highest BCUT2D eigenvalue weighted by Gasteiger charge is 2.26. The van der Waals surface area contributed by atoms with Gasteiger partial charge in [-0.2, -0.15) is 8.42 Å². The van der Waals surface area contributed by atoms with Crippen molar-refractivity contribution in [3.8, 4) is 0 Å². The number of carbonyl (C=O) groups excluding carboxylic acids is 1. The molecule has 1 aliphatic carbocycles. The first kappa shape index (κ1) is 22.1. The lowest BCUT2D eigenvalue weighted by molar-refractivity contribution is -0.384. The van der Waals surface area contributed by atoms with Crippen molar-refractivity contribution < 1.29 is 27.1 Å². The van der Waals surface area contributed by atoms with Gasteiger partial charge in [0, 0.05) is 18.2 Å². The minimum absolute atomic E-state index is 0.00243. The van der Waals surface area contributed by atoms with E-state index in [0.29, 0.717) is 12.8 Å². The van der Waals surface area contributed by atoms with Crippen LogP contribution in [-0.2, 0) is 19.0 Å². The first-order chi connectivity index (χ1) is 13.0. The van der Waals surface area contributed by atoms with E-state index in [1.165, 1.54) is 0 Å².